The highest BCUT2D eigenvalue weighted by Crippen LogP contribution is 2.36. The number of anilines is 2. The van der Waals surface area contributed by atoms with Crippen LogP contribution in [0.1, 0.15) is 19.4 Å². The van der Waals surface area contributed by atoms with Crippen molar-refractivity contribution >= 4 is 22.1 Å². The fraction of sp³-hybridized carbons (Fsp3) is 0.130. The van der Waals surface area contributed by atoms with Gasteiger partial charge in [0.05, 0.1) is 0 Å². The molecule has 24 heavy (non-hydrogen) atoms. The van der Waals surface area contributed by atoms with Gasteiger partial charge in [-0.3, -0.25) is 0 Å². The summed E-state index contributed by atoms with van der Waals surface area (Å²) >= 11 is 0. The number of para-hydroxylation sites is 1. The lowest BCUT2D eigenvalue weighted by molar-refractivity contribution is 1.20. The molecule has 1 heteroatoms. The molecule has 4 rings (SSSR count). The first-order valence-corrected chi connectivity index (χ1v) is 8.55. The SMILES string of the molecule is C=C1C=CCc2ccccc2N1c1ccc2ccccc2c1.CC. The van der Waals surface area contributed by atoms with E-state index in [0.29, 0.717) is 0 Å². The Morgan fingerprint density at radius 2 is 1.54 bits per heavy atom. The van der Waals surface area contributed by atoms with Gasteiger partial charge in [0.25, 0.3) is 0 Å². The van der Waals surface area contributed by atoms with Gasteiger partial charge in [0, 0.05) is 17.1 Å². The van der Waals surface area contributed by atoms with Gasteiger partial charge in [0.15, 0.2) is 0 Å². The van der Waals surface area contributed by atoms with Gasteiger partial charge in [-0.15, -0.1) is 0 Å². The molecule has 0 spiro atoms. The van der Waals surface area contributed by atoms with Crippen LogP contribution in [0, 0.1) is 0 Å². The predicted molar refractivity (Wildman–Crippen MR) is 106 cm³/mol. The Hall–Kier alpha value is -2.80. The summed E-state index contributed by atoms with van der Waals surface area (Å²) < 4.78 is 0. The molecule has 0 amide bonds. The molecule has 0 bridgehead atoms. The van der Waals surface area contributed by atoms with Crippen LogP contribution in [-0.2, 0) is 6.42 Å². The van der Waals surface area contributed by atoms with Crippen molar-refractivity contribution < 1.29 is 0 Å². The molecule has 1 nitrogen and oxygen atoms in total. The number of hydrogen-bond acceptors (Lipinski definition) is 1. The van der Waals surface area contributed by atoms with Crippen LogP contribution >= 0.6 is 0 Å². The van der Waals surface area contributed by atoms with Crippen LogP contribution in [0.3, 0.4) is 0 Å². The third-order valence-electron chi connectivity index (χ3n) is 4.16. The number of rotatable bonds is 1. The monoisotopic (exact) mass is 313 g/mol. The summed E-state index contributed by atoms with van der Waals surface area (Å²) in [6.07, 6.45) is 5.23. The van der Waals surface area contributed by atoms with E-state index in [1.807, 2.05) is 13.8 Å². The Labute approximate surface area is 144 Å². The Kier molecular flexibility index (Phi) is 4.81. The van der Waals surface area contributed by atoms with Gasteiger partial charge in [-0.2, -0.15) is 0 Å². The van der Waals surface area contributed by atoms with Crippen LogP contribution < -0.4 is 4.90 Å². The van der Waals surface area contributed by atoms with Crippen molar-refractivity contribution in [3.05, 3.63) is 96.7 Å². The summed E-state index contributed by atoms with van der Waals surface area (Å²) in [6, 6.07) is 23.6. The molecule has 0 saturated carbocycles. The minimum absolute atomic E-state index is 0.944. The maximum Gasteiger partial charge on any atom is 0.0496 e. The summed E-state index contributed by atoms with van der Waals surface area (Å²) in [5.74, 6) is 0. The van der Waals surface area contributed by atoms with Crippen LogP contribution in [0.2, 0.25) is 0 Å². The maximum atomic E-state index is 4.25. The molecule has 0 N–H and O–H groups in total. The fourth-order valence-corrected chi connectivity index (χ4v) is 3.07. The van der Waals surface area contributed by atoms with Gasteiger partial charge >= 0.3 is 0 Å². The molecular weight excluding hydrogens is 290 g/mol. The average molecular weight is 313 g/mol. The lowest BCUT2D eigenvalue weighted by atomic mass is 10.1. The van der Waals surface area contributed by atoms with Crippen LogP contribution in [0.5, 0.6) is 0 Å². The van der Waals surface area contributed by atoms with Crippen LogP contribution in [0.4, 0.5) is 11.4 Å². The highest BCUT2D eigenvalue weighted by Gasteiger charge is 2.17. The molecule has 0 aromatic heterocycles. The van der Waals surface area contributed by atoms with Crippen molar-refractivity contribution in [2.75, 3.05) is 4.90 Å². The van der Waals surface area contributed by atoms with Gasteiger partial charge in [-0.1, -0.05) is 75.0 Å². The summed E-state index contributed by atoms with van der Waals surface area (Å²) in [6.45, 7) is 8.25. The normalized spacial score (nSPS) is 13.1. The van der Waals surface area contributed by atoms with E-state index in [4.69, 9.17) is 0 Å². The van der Waals surface area contributed by atoms with Gasteiger partial charge in [0.1, 0.15) is 0 Å². The van der Waals surface area contributed by atoms with Crippen molar-refractivity contribution in [3.63, 3.8) is 0 Å². The van der Waals surface area contributed by atoms with E-state index in [0.717, 1.165) is 17.8 Å². The first-order valence-electron chi connectivity index (χ1n) is 8.55. The fourth-order valence-electron chi connectivity index (χ4n) is 3.07. The lowest BCUT2D eigenvalue weighted by Gasteiger charge is -2.26. The topological polar surface area (TPSA) is 3.24 Å². The molecule has 0 fully saturated rings. The van der Waals surface area contributed by atoms with Gasteiger partial charge in [-0.25, -0.2) is 0 Å². The van der Waals surface area contributed by atoms with Crippen molar-refractivity contribution in [2.24, 2.45) is 0 Å². The van der Waals surface area contributed by atoms with E-state index in [9.17, 15) is 0 Å². The molecular formula is C23H23N. The van der Waals surface area contributed by atoms with Crippen molar-refractivity contribution in [3.8, 4) is 0 Å². The first kappa shape index (κ1) is 16.1. The first-order chi connectivity index (χ1) is 11.8. The number of nitrogens with zero attached hydrogens (tertiary/aromatic N) is 1. The van der Waals surface area contributed by atoms with E-state index in [-0.39, 0.29) is 0 Å². The molecule has 1 aliphatic heterocycles. The van der Waals surface area contributed by atoms with Crippen molar-refractivity contribution in [1.82, 2.24) is 0 Å². The van der Waals surface area contributed by atoms with E-state index < -0.39 is 0 Å². The smallest absolute Gasteiger partial charge is 0.0496 e. The molecule has 120 valence electrons. The largest absolute Gasteiger partial charge is 0.311 e. The summed E-state index contributed by atoms with van der Waals surface area (Å²) in [4.78, 5) is 2.24. The third kappa shape index (κ3) is 2.98. The van der Waals surface area contributed by atoms with E-state index in [2.05, 4.69) is 90.4 Å². The second-order valence-electron chi connectivity index (χ2n) is 5.59. The molecule has 0 aliphatic carbocycles. The van der Waals surface area contributed by atoms with Crippen LogP contribution in [-0.4, -0.2) is 0 Å². The standard InChI is InChI=1S/C21H17N.C2H6/c1-16-7-6-11-18-9-4-5-12-21(18)22(16)20-14-13-17-8-2-3-10-19(17)15-20;1-2/h2-10,12-15H,1,11H2;1-2H3. The maximum absolute atomic E-state index is 4.25. The van der Waals surface area contributed by atoms with E-state index in [1.165, 1.54) is 22.0 Å². The molecule has 0 radical (unpaired) electrons. The third-order valence-corrected chi connectivity index (χ3v) is 4.16. The van der Waals surface area contributed by atoms with Gasteiger partial charge < -0.3 is 4.90 Å². The highest BCUT2D eigenvalue weighted by molar-refractivity contribution is 5.88. The zero-order valence-electron chi connectivity index (χ0n) is 14.4. The molecule has 0 atom stereocenters. The van der Waals surface area contributed by atoms with Crippen LogP contribution in [0.15, 0.2) is 91.2 Å². The second kappa shape index (κ2) is 7.18. The lowest BCUT2D eigenvalue weighted by Crippen LogP contribution is -2.14. The Morgan fingerprint density at radius 1 is 0.833 bits per heavy atom. The second-order valence-corrected chi connectivity index (χ2v) is 5.59. The zero-order chi connectivity index (χ0) is 16.9. The number of fused-ring (bicyclic) bond motifs is 2. The van der Waals surface area contributed by atoms with E-state index >= 15 is 0 Å². The summed E-state index contributed by atoms with van der Waals surface area (Å²) in [5, 5.41) is 2.51. The van der Waals surface area contributed by atoms with Crippen molar-refractivity contribution in [1.29, 1.82) is 0 Å². The Balaban J connectivity index is 0.000000815. The molecule has 3 aromatic rings. The molecule has 1 aliphatic rings. The highest BCUT2D eigenvalue weighted by atomic mass is 15.1. The molecule has 0 saturated heterocycles. The minimum Gasteiger partial charge on any atom is -0.311 e. The predicted octanol–water partition coefficient (Wildman–Crippen LogP) is 6.63. The molecule has 0 unspecified atom stereocenters. The Bertz CT molecular complexity index is 889. The Morgan fingerprint density at radius 3 is 2.38 bits per heavy atom. The average Bonchev–Trinajstić information content (AvgIpc) is 2.81. The zero-order valence-corrected chi connectivity index (χ0v) is 14.4. The minimum atomic E-state index is 0.944. The van der Waals surface area contributed by atoms with Crippen molar-refractivity contribution in [2.45, 2.75) is 20.3 Å². The molecule has 1 heterocycles. The van der Waals surface area contributed by atoms with Gasteiger partial charge in [-0.05, 0) is 47.0 Å². The quantitative estimate of drug-likeness (QED) is 0.487. The summed E-state index contributed by atoms with van der Waals surface area (Å²) in [5.41, 5.74) is 4.70. The number of hydrogen-bond donors (Lipinski definition) is 0. The van der Waals surface area contributed by atoms with Crippen LogP contribution in [0.25, 0.3) is 10.8 Å². The molecule has 3 aromatic carbocycles. The number of allylic oxidation sites excluding steroid dienone is 2. The van der Waals surface area contributed by atoms with E-state index in [1.54, 1.807) is 0 Å². The summed E-state index contributed by atoms with van der Waals surface area (Å²) in [7, 11) is 0. The van der Waals surface area contributed by atoms with Gasteiger partial charge in [0.2, 0.25) is 0 Å². The number of benzene rings is 3.